The van der Waals surface area contributed by atoms with E-state index in [9.17, 15) is 14.3 Å². The van der Waals surface area contributed by atoms with Gasteiger partial charge < -0.3 is 5.11 Å². The van der Waals surface area contributed by atoms with Gasteiger partial charge in [0.2, 0.25) is 0 Å². The number of carboxylic acid groups (broad SMARTS) is 1. The Balaban J connectivity index is 1.99. The maximum absolute atomic E-state index is 13.5. The molecule has 130 valence electrons. The Morgan fingerprint density at radius 2 is 2.00 bits per heavy atom. The van der Waals surface area contributed by atoms with Crippen molar-refractivity contribution in [3.05, 3.63) is 76.7 Å². The van der Waals surface area contributed by atoms with Crippen LogP contribution in [0.4, 0.5) is 4.39 Å². The minimum Gasteiger partial charge on any atom is -0.478 e. The van der Waals surface area contributed by atoms with Crippen LogP contribution < -0.4 is 0 Å². The molecule has 0 saturated carbocycles. The molecule has 0 spiro atoms. The Labute approximate surface area is 150 Å². The number of halogens is 1. The van der Waals surface area contributed by atoms with Crippen molar-refractivity contribution in [2.75, 3.05) is 0 Å². The summed E-state index contributed by atoms with van der Waals surface area (Å²) in [6.07, 6.45) is 3.38. The molecule has 1 aliphatic rings. The van der Waals surface area contributed by atoms with Crippen LogP contribution in [0.3, 0.4) is 0 Å². The second-order valence-corrected chi connectivity index (χ2v) is 6.87. The monoisotopic (exact) mass is 347 g/mol. The second kappa shape index (κ2) is 6.37. The number of para-hydroxylation sites is 1. The third kappa shape index (κ3) is 2.88. The summed E-state index contributed by atoms with van der Waals surface area (Å²) >= 11 is 0. The summed E-state index contributed by atoms with van der Waals surface area (Å²) in [4.78, 5) is 16.8. The van der Waals surface area contributed by atoms with E-state index >= 15 is 0 Å². The molecule has 1 heterocycles. The Hall–Kier alpha value is -3.01. The standard InChI is InChI=1S/C22H18FNO2/c1-13-9-15(11-14-5-4-6-16(23)12-14)21-18(10-13)20(22(25)26)17-7-2-3-8-19(17)24-21/h2-8,11-13H,9-10H2,1H3,(H,25,26). The van der Waals surface area contributed by atoms with Crippen molar-refractivity contribution in [3.63, 3.8) is 0 Å². The fourth-order valence-electron chi connectivity index (χ4n) is 3.78. The number of hydrogen-bond donors (Lipinski definition) is 1. The van der Waals surface area contributed by atoms with Gasteiger partial charge in [-0.3, -0.25) is 0 Å². The topological polar surface area (TPSA) is 50.2 Å². The van der Waals surface area contributed by atoms with Crippen molar-refractivity contribution >= 4 is 28.5 Å². The molecule has 2 aromatic carbocycles. The van der Waals surface area contributed by atoms with Crippen molar-refractivity contribution in [2.45, 2.75) is 19.8 Å². The van der Waals surface area contributed by atoms with Crippen molar-refractivity contribution < 1.29 is 14.3 Å². The summed E-state index contributed by atoms with van der Waals surface area (Å²) in [5.41, 5.74) is 4.22. The SMILES string of the molecule is CC1CC(=Cc2cccc(F)c2)c2nc3ccccc3c(C(=O)O)c2C1. The first kappa shape index (κ1) is 16.5. The summed E-state index contributed by atoms with van der Waals surface area (Å²) < 4.78 is 13.5. The number of aromatic carboxylic acids is 1. The molecule has 4 heteroatoms. The smallest absolute Gasteiger partial charge is 0.336 e. The number of carboxylic acids is 1. The first-order valence-electron chi connectivity index (χ1n) is 8.64. The van der Waals surface area contributed by atoms with E-state index in [1.165, 1.54) is 12.1 Å². The molecule has 1 N–H and O–H groups in total. The lowest BCUT2D eigenvalue weighted by Crippen LogP contribution is -2.17. The van der Waals surface area contributed by atoms with E-state index in [0.717, 1.165) is 28.8 Å². The number of allylic oxidation sites excluding steroid dienone is 1. The number of benzene rings is 2. The predicted octanol–water partition coefficient (Wildman–Crippen LogP) is 5.20. The minimum atomic E-state index is -0.931. The lowest BCUT2D eigenvalue weighted by Gasteiger charge is -2.26. The van der Waals surface area contributed by atoms with Gasteiger partial charge in [0.1, 0.15) is 5.82 Å². The van der Waals surface area contributed by atoms with E-state index in [0.29, 0.717) is 28.8 Å². The molecule has 26 heavy (non-hydrogen) atoms. The normalized spacial score (nSPS) is 18.1. The molecule has 0 aliphatic heterocycles. The van der Waals surface area contributed by atoms with Crippen LogP contribution in [0.5, 0.6) is 0 Å². The number of rotatable bonds is 2. The largest absolute Gasteiger partial charge is 0.478 e. The van der Waals surface area contributed by atoms with E-state index in [2.05, 4.69) is 6.92 Å². The van der Waals surface area contributed by atoms with Crippen LogP contribution in [-0.2, 0) is 6.42 Å². The molecule has 0 amide bonds. The minimum absolute atomic E-state index is 0.291. The van der Waals surface area contributed by atoms with E-state index in [-0.39, 0.29) is 5.82 Å². The average molecular weight is 347 g/mol. The fraction of sp³-hybridized carbons (Fsp3) is 0.182. The van der Waals surface area contributed by atoms with Gasteiger partial charge in [0.05, 0.1) is 16.8 Å². The zero-order valence-corrected chi connectivity index (χ0v) is 14.4. The first-order chi connectivity index (χ1) is 12.5. The quantitative estimate of drug-likeness (QED) is 0.693. The number of hydrogen-bond acceptors (Lipinski definition) is 2. The highest BCUT2D eigenvalue weighted by molar-refractivity contribution is 6.05. The van der Waals surface area contributed by atoms with Crippen LogP contribution in [0.15, 0.2) is 48.5 Å². The molecule has 1 aromatic heterocycles. The number of aromatic nitrogens is 1. The van der Waals surface area contributed by atoms with Gasteiger partial charge >= 0.3 is 5.97 Å². The summed E-state index contributed by atoms with van der Waals surface area (Å²) in [6.45, 7) is 2.10. The molecule has 1 aliphatic carbocycles. The van der Waals surface area contributed by atoms with E-state index in [4.69, 9.17) is 4.98 Å². The number of nitrogens with zero attached hydrogens (tertiary/aromatic N) is 1. The third-order valence-corrected chi connectivity index (χ3v) is 4.82. The van der Waals surface area contributed by atoms with Crippen molar-refractivity contribution in [1.29, 1.82) is 0 Å². The van der Waals surface area contributed by atoms with Crippen LogP contribution in [0.1, 0.15) is 40.5 Å². The molecule has 0 radical (unpaired) electrons. The number of fused-ring (bicyclic) bond motifs is 2. The summed E-state index contributed by atoms with van der Waals surface area (Å²) in [6, 6.07) is 13.7. The number of carbonyl (C=O) groups is 1. The highest BCUT2D eigenvalue weighted by Crippen LogP contribution is 2.38. The molecule has 1 atom stereocenters. The molecule has 1 unspecified atom stereocenters. The average Bonchev–Trinajstić information content (AvgIpc) is 2.59. The molecule has 4 rings (SSSR count). The second-order valence-electron chi connectivity index (χ2n) is 6.87. The first-order valence-corrected chi connectivity index (χ1v) is 8.64. The van der Waals surface area contributed by atoms with Gasteiger partial charge in [-0.05, 0) is 59.7 Å². The van der Waals surface area contributed by atoms with Gasteiger partial charge in [0.15, 0.2) is 0 Å². The van der Waals surface area contributed by atoms with Crippen LogP contribution in [-0.4, -0.2) is 16.1 Å². The number of pyridine rings is 1. The lowest BCUT2D eigenvalue weighted by molar-refractivity contribution is 0.0697. The third-order valence-electron chi connectivity index (χ3n) is 4.82. The Kier molecular flexibility index (Phi) is 4.03. The van der Waals surface area contributed by atoms with Gasteiger partial charge in [-0.2, -0.15) is 0 Å². The highest BCUT2D eigenvalue weighted by atomic mass is 19.1. The molecule has 0 saturated heterocycles. The van der Waals surface area contributed by atoms with Crippen molar-refractivity contribution in [1.82, 2.24) is 4.98 Å². The van der Waals surface area contributed by atoms with E-state index in [1.807, 2.05) is 30.3 Å². The molecular formula is C22H18FNO2. The highest BCUT2D eigenvalue weighted by Gasteiger charge is 2.27. The van der Waals surface area contributed by atoms with Crippen LogP contribution >= 0.6 is 0 Å². The predicted molar refractivity (Wildman–Crippen MR) is 100 cm³/mol. The molecular weight excluding hydrogens is 329 g/mol. The lowest BCUT2D eigenvalue weighted by atomic mass is 9.80. The summed E-state index contributed by atoms with van der Waals surface area (Å²) in [7, 11) is 0. The zero-order chi connectivity index (χ0) is 18.3. The Bertz CT molecular complexity index is 1060. The molecule has 0 fully saturated rings. The summed E-state index contributed by atoms with van der Waals surface area (Å²) in [5.74, 6) is -0.927. The van der Waals surface area contributed by atoms with Gasteiger partial charge in [0.25, 0.3) is 0 Å². The molecule has 0 bridgehead atoms. The van der Waals surface area contributed by atoms with Crippen LogP contribution in [0.2, 0.25) is 0 Å². The van der Waals surface area contributed by atoms with E-state index < -0.39 is 5.97 Å². The maximum Gasteiger partial charge on any atom is 0.336 e. The van der Waals surface area contributed by atoms with Crippen molar-refractivity contribution in [2.24, 2.45) is 5.92 Å². The van der Waals surface area contributed by atoms with E-state index in [1.54, 1.807) is 12.1 Å². The Morgan fingerprint density at radius 3 is 2.77 bits per heavy atom. The van der Waals surface area contributed by atoms with Crippen LogP contribution in [0, 0.1) is 11.7 Å². The molecule has 3 aromatic rings. The van der Waals surface area contributed by atoms with Crippen molar-refractivity contribution in [3.8, 4) is 0 Å². The fourth-order valence-corrected chi connectivity index (χ4v) is 3.78. The summed E-state index contributed by atoms with van der Waals surface area (Å²) in [5, 5.41) is 10.5. The van der Waals surface area contributed by atoms with Gasteiger partial charge in [-0.1, -0.05) is 37.3 Å². The van der Waals surface area contributed by atoms with Crippen LogP contribution in [0.25, 0.3) is 22.6 Å². The van der Waals surface area contributed by atoms with Gasteiger partial charge in [-0.15, -0.1) is 0 Å². The zero-order valence-electron chi connectivity index (χ0n) is 14.4. The molecule has 3 nitrogen and oxygen atoms in total. The maximum atomic E-state index is 13.5. The Morgan fingerprint density at radius 1 is 1.19 bits per heavy atom. The van der Waals surface area contributed by atoms with Gasteiger partial charge in [-0.25, -0.2) is 14.2 Å². The van der Waals surface area contributed by atoms with Gasteiger partial charge in [0, 0.05) is 5.39 Å².